The summed E-state index contributed by atoms with van der Waals surface area (Å²) in [5.41, 5.74) is 1.14. The summed E-state index contributed by atoms with van der Waals surface area (Å²) < 4.78 is 0.809. The van der Waals surface area contributed by atoms with Crippen LogP contribution in [0.5, 0.6) is 0 Å². The molecule has 2 aliphatic carbocycles. The molecule has 0 bridgehead atoms. The number of rotatable bonds is 3. The van der Waals surface area contributed by atoms with E-state index >= 15 is 0 Å². The van der Waals surface area contributed by atoms with Gasteiger partial charge in [0.1, 0.15) is 5.82 Å². The second-order valence-corrected chi connectivity index (χ2v) is 6.79. The van der Waals surface area contributed by atoms with Gasteiger partial charge in [-0.25, -0.2) is 4.98 Å². The predicted molar refractivity (Wildman–Crippen MR) is 79.9 cm³/mol. The van der Waals surface area contributed by atoms with Gasteiger partial charge >= 0.3 is 0 Å². The molecule has 4 heteroatoms. The molecule has 0 spiro atoms. The minimum atomic E-state index is 0.0717. The molecule has 1 heterocycles. The molecule has 98 valence electrons. The van der Waals surface area contributed by atoms with Crippen LogP contribution in [0, 0.1) is 9.49 Å². The molecule has 0 saturated heterocycles. The van der Waals surface area contributed by atoms with Crippen molar-refractivity contribution in [3.63, 3.8) is 0 Å². The third kappa shape index (κ3) is 2.36. The molecule has 1 aromatic heterocycles. The molecule has 0 radical (unpaired) electrons. The summed E-state index contributed by atoms with van der Waals surface area (Å²) in [7, 11) is 0. The molecular formula is C14H19IN2O. The number of nitrogens with one attached hydrogen (secondary N) is 1. The summed E-state index contributed by atoms with van der Waals surface area (Å²) in [5, 5.41) is 0. The van der Waals surface area contributed by atoms with Crippen LogP contribution in [0.3, 0.4) is 0 Å². The zero-order chi connectivity index (χ0) is 12.7. The Hall–Kier alpha value is -0.390. The summed E-state index contributed by atoms with van der Waals surface area (Å²) in [4.78, 5) is 19.8. The van der Waals surface area contributed by atoms with Crippen LogP contribution in [0.25, 0.3) is 0 Å². The van der Waals surface area contributed by atoms with E-state index in [4.69, 9.17) is 4.98 Å². The maximum Gasteiger partial charge on any atom is 0.264 e. The first-order valence-electron chi connectivity index (χ1n) is 6.98. The number of H-pyrrole nitrogens is 1. The van der Waals surface area contributed by atoms with Crippen molar-refractivity contribution in [1.29, 1.82) is 0 Å². The van der Waals surface area contributed by atoms with E-state index in [1.807, 2.05) is 0 Å². The topological polar surface area (TPSA) is 45.8 Å². The molecule has 2 atom stereocenters. The van der Waals surface area contributed by atoms with Crippen LogP contribution in [0.1, 0.15) is 68.8 Å². The van der Waals surface area contributed by atoms with E-state index in [2.05, 4.69) is 34.5 Å². The highest BCUT2D eigenvalue weighted by Crippen LogP contribution is 2.42. The van der Waals surface area contributed by atoms with Crippen molar-refractivity contribution >= 4 is 22.6 Å². The van der Waals surface area contributed by atoms with Crippen molar-refractivity contribution in [2.75, 3.05) is 0 Å². The molecule has 1 aromatic rings. The van der Waals surface area contributed by atoms with Crippen molar-refractivity contribution in [3.05, 3.63) is 25.4 Å². The molecule has 0 aliphatic heterocycles. The van der Waals surface area contributed by atoms with Gasteiger partial charge in [0.05, 0.1) is 9.26 Å². The zero-order valence-corrected chi connectivity index (χ0v) is 12.9. The maximum atomic E-state index is 12.0. The van der Waals surface area contributed by atoms with Gasteiger partial charge in [0.15, 0.2) is 0 Å². The van der Waals surface area contributed by atoms with Crippen LogP contribution in [-0.2, 0) is 0 Å². The third-order valence-corrected chi connectivity index (χ3v) is 5.42. The predicted octanol–water partition coefficient (Wildman–Crippen LogP) is 3.55. The maximum absolute atomic E-state index is 12.0. The zero-order valence-electron chi connectivity index (χ0n) is 10.7. The highest BCUT2D eigenvalue weighted by Gasteiger charge is 2.31. The van der Waals surface area contributed by atoms with E-state index in [0.29, 0.717) is 11.8 Å². The molecule has 18 heavy (non-hydrogen) atoms. The summed E-state index contributed by atoms with van der Waals surface area (Å²) in [6.45, 7) is 2.26. The first-order valence-corrected chi connectivity index (χ1v) is 8.06. The number of halogens is 1. The normalized spacial score (nSPS) is 27.7. The van der Waals surface area contributed by atoms with Crippen LogP contribution >= 0.6 is 22.6 Å². The second kappa shape index (κ2) is 4.94. The van der Waals surface area contributed by atoms with Crippen LogP contribution in [0.15, 0.2) is 4.79 Å². The number of aromatic nitrogens is 2. The van der Waals surface area contributed by atoms with Gasteiger partial charge in [0, 0.05) is 11.8 Å². The van der Waals surface area contributed by atoms with E-state index < -0.39 is 0 Å². The molecule has 0 amide bonds. The number of aromatic amines is 1. The Morgan fingerprint density at radius 1 is 1.28 bits per heavy atom. The average Bonchev–Trinajstić information content (AvgIpc) is 3.09. The Kier molecular flexibility index (Phi) is 3.47. The number of hydrogen-bond acceptors (Lipinski definition) is 2. The number of hydrogen-bond donors (Lipinski definition) is 1. The minimum absolute atomic E-state index is 0.0717. The first kappa shape index (κ1) is 12.6. The van der Waals surface area contributed by atoms with E-state index in [1.54, 1.807) is 0 Å². The standard InChI is InChI=1S/C14H19IN2O/c1-2-8-3-4-10(7-8)13-16-12(9-5-6-9)11(15)14(18)17-13/h8-10H,2-7H2,1H3,(H,16,17,18). The summed E-state index contributed by atoms with van der Waals surface area (Å²) in [6, 6.07) is 0. The Balaban J connectivity index is 1.91. The van der Waals surface area contributed by atoms with Gasteiger partial charge < -0.3 is 4.98 Å². The average molecular weight is 358 g/mol. The third-order valence-electron chi connectivity index (χ3n) is 4.38. The van der Waals surface area contributed by atoms with E-state index in [1.165, 1.54) is 38.5 Å². The van der Waals surface area contributed by atoms with Crippen molar-refractivity contribution in [3.8, 4) is 0 Å². The molecule has 2 unspecified atom stereocenters. The van der Waals surface area contributed by atoms with Crippen LogP contribution in [-0.4, -0.2) is 9.97 Å². The lowest BCUT2D eigenvalue weighted by atomic mass is 10.0. The Morgan fingerprint density at radius 2 is 2.00 bits per heavy atom. The van der Waals surface area contributed by atoms with Gasteiger partial charge in [-0.15, -0.1) is 0 Å². The first-order chi connectivity index (χ1) is 8.69. The fraction of sp³-hybridized carbons (Fsp3) is 0.714. The lowest BCUT2D eigenvalue weighted by Gasteiger charge is -2.11. The fourth-order valence-electron chi connectivity index (χ4n) is 3.01. The number of nitrogens with zero attached hydrogens (tertiary/aromatic N) is 1. The molecule has 2 fully saturated rings. The Morgan fingerprint density at radius 3 is 2.61 bits per heavy atom. The molecule has 2 aliphatic rings. The molecular weight excluding hydrogens is 339 g/mol. The quantitative estimate of drug-likeness (QED) is 0.840. The largest absolute Gasteiger partial charge is 0.309 e. The van der Waals surface area contributed by atoms with Gasteiger partial charge in [-0.2, -0.15) is 0 Å². The fourth-order valence-corrected chi connectivity index (χ4v) is 3.70. The van der Waals surface area contributed by atoms with Crippen molar-refractivity contribution < 1.29 is 0 Å². The minimum Gasteiger partial charge on any atom is -0.309 e. The molecule has 2 saturated carbocycles. The van der Waals surface area contributed by atoms with Gasteiger partial charge in [0.25, 0.3) is 5.56 Å². The van der Waals surface area contributed by atoms with Gasteiger partial charge in [0.2, 0.25) is 0 Å². The van der Waals surface area contributed by atoms with Crippen molar-refractivity contribution in [2.45, 2.75) is 57.3 Å². The van der Waals surface area contributed by atoms with E-state index in [9.17, 15) is 4.79 Å². The van der Waals surface area contributed by atoms with Crippen molar-refractivity contribution in [1.82, 2.24) is 9.97 Å². The smallest absolute Gasteiger partial charge is 0.264 e. The lowest BCUT2D eigenvalue weighted by Crippen LogP contribution is -2.19. The summed E-state index contributed by atoms with van der Waals surface area (Å²) in [6.07, 6.45) is 7.33. The Bertz CT molecular complexity index is 507. The van der Waals surface area contributed by atoms with Gasteiger partial charge in [-0.3, -0.25) is 4.79 Å². The van der Waals surface area contributed by atoms with Crippen LogP contribution in [0.4, 0.5) is 0 Å². The van der Waals surface area contributed by atoms with Crippen LogP contribution < -0.4 is 5.56 Å². The molecule has 3 rings (SSSR count). The van der Waals surface area contributed by atoms with Gasteiger partial charge in [-0.1, -0.05) is 13.3 Å². The summed E-state index contributed by atoms with van der Waals surface area (Å²) in [5.74, 6) is 2.82. The van der Waals surface area contributed by atoms with Crippen molar-refractivity contribution in [2.24, 2.45) is 5.92 Å². The van der Waals surface area contributed by atoms with E-state index in [-0.39, 0.29) is 5.56 Å². The van der Waals surface area contributed by atoms with E-state index in [0.717, 1.165) is 21.0 Å². The Labute approximate surface area is 121 Å². The van der Waals surface area contributed by atoms with Gasteiger partial charge in [-0.05, 0) is 60.6 Å². The second-order valence-electron chi connectivity index (χ2n) is 5.71. The molecule has 3 nitrogen and oxygen atoms in total. The lowest BCUT2D eigenvalue weighted by molar-refractivity contribution is 0.515. The molecule has 1 N–H and O–H groups in total. The highest BCUT2D eigenvalue weighted by molar-refractivity contribution is 14.1. The summed E-state index contributed by atoms with van der Waals surface area (Å²) >= 11 is 2.15. The molecule has 0 aromatic carbocycles. The highest BCUT2D eigenvalue weighted by atomic mass is 127. The SMILES string of the molecule is CCC1CCC(c2nc(C3CC3)c(I)c(=O)[nH]2)C1. The van der Waals surface area contributed by atoms with Crippen LogP contribution in [0.2, 0.25) is 0 Å². The monoisotopic (exact) mass is 358 g/mol.